The molecule has 0 aliphatic heterocycles. The van der Waals surface area contributed by atoms with Crippen molar-refractivity contribution in [2.75, 3.05) is 27.8 Å². The Bertz CT molecular complexity index is 835. The Kier molecular flexibility index (Phi) is 6.57. The molecule has 2 aromatic carbocycles. The molecule has 0 spiro atoms. The number of likely N-dealkylation sites (N-methyl/N-ethyl adjacent to an activating group) is 1. The molecule has 2 atom stereocenters. The van der Waals surface area contributed by atoms with Crippen LogP contribution >= 0.6 is 0 Å². The molecule has 1 amide bonds. The summed E-state index contributed by atoms with van der Waals surface area (Å²) in [5, 5.41) is 3.24. The minimum atomic E-state index is 0.0948. The molecule has 0 heterocycles. The molecular formula is C23H31N2O3+. The second-order valence-corrected chi connectivity index (χ2v) is 7.66. The fraction of sp³-hybridized carbons (Fsp3) is 0.435. The number of hydrogen-bond donors (Lipinski definition) is 2. The third kappa shape index (κ3) is 4.65. The Labute approximate surface area is 167 Å². The molecule has 150 valence electrons. The molecule has 0 saturated carbocycles. The minimum absolute atomic E-state index is 0.0948. The number of hydrogen-bond acceptors (Lipinski definition) is 3. The van der Waals surface area contributed by atoms with E-state index in [4.69, 9.17) is 9.47 Å². The monoisotopic (exact) mass is 383 g/mol. The van der Waals surface area contributed by atoms with Gasteiger partial charge in [-0.05, 0) is 55.0 Å². The number of methoxy groups -OCH3 is 2. The number of amides is 1. The topological polar surface area (TPSA) is 52.0 Å². The van der Waals surface area contributed by atoms with Gasteiger partial charge in [-0.3, -0.25) is 4.79 Å². The Balaban J connectivity index is 1.61. The number of nitrogens with one attached hydrogen (secondary N) is 2. The maximum absolute atomic E-state index is 12.7. The Hall–Kier alpha value is -2.53. The standard InChI is InChI=1S/C23H30N2O3/c1-16-12-21(27-3)22(28-4)13-18(16)14-25(2)15-23(26)24-20-11-7-9-17-8-5-6-10-19(17)20/h5-6,8,10,12-13,20H,7,9,11,14-15H2,1-4H3,(H,24,26)/p+1/t20-/m1/s1. The highest BCUT2D eigenvalue weighted by Gasteiger charge is 2.23. The van der Waals surface area contributed by atoms with Crippen LogP contribution in [0, 0.1) is 6.92 Å². The maximum Gasteiger partial charge on any atom is 0.275 e. The van der Waals surface area contributed by atoms with Crippen LogP contribution < -0.4 is 19.7 Å². The zero-order chi connectivity index (χ0) is 20.1. The predicted molar refractivity (Wildman–Crippen MR) is 110 cm³/mol. The van der Waals surface area contributed by atoms with Gasteiger partial charge in [0.2, 0.25) is 0 Å². The van der Waals surface area contributed by atoms with E-state index in [-0.39, 0.29) is 11.9 Å². The number of rotatable bonds is 7. The number of carbonyl (C=O) groups is 1. The van der Waals surface area contributed by atoms with Crippen molar-refractivity contribution in [3.8, 4) is 11.5 Å². The van der Waals surface area contributed by atoms with E-state index in [1.807, 2.05) is 19.2 Å². The number of fused-ring (bicyclic) bond motifs is 1. The fourth-order valence-electron chi connectivity index (χ4n) is 4.02. The fourth-order valence-corrected chi connectivity index (χ4v) is 4.02. The summed E-state index contributed by atoms with van der Waals surface area (Å²) in [7, 11) is 5.33. The first kappa shape index (κ1) is 20.2. The molecule has 0 aromatic heterocycles. The van der Waals surface area contributed by atoms with Crippen LogP contribution in [0.15, 0.2) is 36.4 Å². The summed E-state index contributed by atoms with van der Waals surface area (Å²) in [6.07, 6.45) is 3.23. The number of ether oxygens (including phenoxy) is 2. The molecular weight excluding hydrogens is 352 g/mol. The molecule has 2 N–H and O–H groups in total. The molecule has 2 aromatic rings. The van der Waals surface area contributed by atoms with Crippen molar-refractivity contribution < 1.29 is 19.2 Å². The molecule has 0 bridgehead atoms. The van der Waals surface area contributed by atoms with Crippen molar-refractivity contribution in [2.24, 2.45) is 0 Å². The van der Waals surface area contributed by atoms with Gasteiger partial charge in [0.1, 0.15) is 6.54 Å². The van der Waals surface area contributed by atoms with Crippen LogP contribution in [-0.4, -0.2) is 33.7 Å². The van der Waals surface area contributed by atoms with E-state index in [1.165, 1.54) is 11.1 Å². The lowest BCUT2D eigenvalue weighted by molar-refractivity contribution is -0.885. The highest BCUT2D eigenvalue weighted by atomic mass is 16.5. The number of aryl methyl sites for hydroxylation is 2. The van der Waals surface area contributed by atoms with Crippen LogP contribution in [0.25, 0.3) is 0 Å². The maximum atomic E-state index is 12.7. The molecule has 5 nitrogen and oxygen atoms in total. The molecule has 28 heavy (non-hydrogen) atoms. The molecule has 3 rings (SSSR count). The number of carbonyl (C=O) groups excluding carboxylic acids is 1. The third-order valence-electron chi connectivity index (χ3n) is 5.50. The van der Waals surface area contributed by atoms with Gasteiger partial charge in [0.25, 0.3) is 5.91 Å². The molecule has 1 aliphatic rings. The van der Waals surface area contributed by atoms with Crippen LogP contribution in [0.1, 0.15) is 41.1 Å². The average Bonchev–Trinajstić information content (AvgIpc) is 2.69. The molecule has 1 unspecified atom stereocenters. The lowest BCUT2D eigenvalue weighted by atomic mass is 9.88. The highest BCUT2D eigenvalue weighted by molar-refractivity contribution is 5.77. The van der Waals surface area contributed by atoms with Gasteiger partial charge < -0.3 is 19.7 Å². The van der Waals surface area contributed by atoms with Crippen LogP contribution in [0.4, 0.5) is 0 Å². The Morgan fingerprint density at radius 1 is 1.18 bits per heavy atom. The first-order chi connectivity index (χ1) is 13.5. The first-order valence-electron chi connectivity index (χ1n) is 9.91. The van der Waals surface area contributed by atoms with Crippen LogP contribution in [0.5, 0.6) is 11.5 Å². The summed E-state index contributed by atoms with van der Waals surface area (Å²) in [4.78, 5) is 13.8. The van der Waals surface area contributed by atoms with E-state index in [9.17, 15) is 4.79 Å². The van der Waals surface area contributed by atoms with Crippen molar-refractivity contribution in [2.45, 2.75) is 38.8 Å². The smallest absolute Gasteiger partial charge is 0.275 e. The van der Waals surface area contributed by atoms with E-state index in [2.05, 4.69) is 36.5 Å². The predicted octanol–water partition coefficient (Wildman–Crippen LogP) is 2.22. The summed E-state index contributed by atoms with van der Waals surface area (Å²) in [6, 6.07) is 12.6. The lowest BCUT2D eigenvalue weighted by Gasteiger charge is -2.26. The largest absolute Gasteiger partial charge is 0.493 e. The van der Waals surface area contributed by atoms with E-state index >= 15 is 0 Å². The summed E-state index contributed by atoms with van der Waals surface area (Å²) < 4.78 is 10.8. The van der Waals surface area contributed by atoms with Crippen LogP contribution in [0.3, 0.4) is 0 Å². The van der Waals surface area contributed by atoms with Gasteiger partial charge in [-0.25, -0.2) is 0 Å². The molecule has 0 saturated heterocycles. The summed E-state index contributed by atoms with van der Waals surface area (Å²) in [6.45, 7) is 3.25. The van der Waals surface area contributed by atoms with Crippen molar-refractivity contribution >= 4 is 5.91 Å². The number of quaternary nitrogens is 1. The van der Waals surface area contributed by atoms with Gasteiger partial charge >= 0.3 is 0 Å². The lowest BCUT2D eigenvalue weighted by Crippen LogP contribution is -3.09. The van der Waals surface area contributed by atoms with Gasteiger partial charge in [-0.1, -0.05) is 24.3 Å². The van der Waals surface area contributed by atoms with Crippen LogP contribution in [-0.2, 0) is 17.8 Å². The third-order valence-corrected chi connectivity index (χ3v) is 5.50. The number of benzene rings is 2. The zero-order valence-electron chi connectivity index (χ0n) is 17.3. The molecule has 0 radical (unpaired) electrons. The van der Waals surface area contributed by atoms with Crippen molar-refractivity contribution in [3.05, 3.63) is 58.7 Å². The normalized spacial score (nSPS) is 16.8. The van der Waals surface area contributed by atoms with Crippen molar-refractivity contribution in [3.63, 3.8) is 0 Å². The van der Waals surface area contributed by atoms with E-state index < -0.39 is 0 Å². The Morgan fingerprint density at radius 3 is 2.64 bits per heavy atom. The zero-order valence-corrected chi connectivity index (χ0v) is 17.3. The van der Waals surface area contributed by atoms with E-state index in [1.54, 1.807) is 14.2 Å². The minimum Gasteiger partial charge on any atom is -0.493 e. The van der Waals surface area contributed by atoms with Gasteiger partial charge in [-0.15, -0.1) is 0 Å². The quantitative estimate of drug-likeness (QED) is 0.771. The second kappa shape index (κ2) is 9.11. The molecule has 0 fully saturated rings. The first-order valence-corrected chi connectivity index (χ1v) is 9.91. The van der Waals surface area contributed by atoms with Gasteiger partial charge in [-0.2, -0.15) is 0 Å². The van der Waals surface area contributed by atoms with E-state index in [0.29, 0.717) is 6.54 Å². The van der Waals surface area contributed by atoms with Crippen molar-refractivity contribution in [1.29, 1.82) is 0 Å². The summed E-state index contributed by atoms with van der Waals surface area (Å²) in [5.74, 6) is 1.55. The van der Waals surface area contributed by atoms with Gasteiger partial charge in [0.15, 0.2) is 18.0 Å². The van der Waals surface area contributed by atoms with Gasteiger partial charge in [0.05, 0.1) is 27.3 Å². The highest BCUT2D eigenvalue weighted by Crippen LogP contribution is 2.30. The van der Waals surface area contributed by atoms with Crippen LogP contribution in [0.2, 0.25) is 0 Å². The molecule has 1 aliphatic carbocycles. The second-order valence-electron chi connectivity index (χ2n) is 7.66. The average molecular weight is 384 g/mol. The summed E-state index contributed by atoms with van der Waals surface area (Å²) in [5.41, 5.74) is 4.93. The van der Waals surface area contributed by atoms with Crippen molar-refractivity contribution in [1.82, 2.24) is 5.32 Å². The van der Waals surface area contributed by atoms with Gasteiger partial charge in [0, 0.05) is 5.56 Å². The Morgan fingerprint density at radius 2 is 1.89 bits per heavy atom. The SMILES string of the molecule is COc1cc(C)c(C[NH+](C)CC(=O)N[C@@H]2CCCc3ccccc32)cc1OC. The summed E-state index contributed by atoms with van der Waals surface area (Å²) >= 11 is 0. The molecule has 5 heteroatoms. The van der Waals surface area contributed by atoms with E-state index in [0.717, 1.165) is 53.3 Å².